The van der Waals surface area contributed by atoms with Crippen molar-refractivity contribution in [1.82, 2.24) is 10.1 Å². The molecule has 156 valence electrons. The summed E-state index contributed by atoms with van der Waals surface area (Å²) in [6, 6.07) is 17.1. The second-order valence-corrected chi connectivity index (χ2v) is 7.21. The van der Waals surface area contributed by atoms with Crippen LogP contribution < -0.4 is 10.5 Å². The van der Waals surface area contributed by atoms with Gasteiger partial charge in [0, 0.05) is 28.9 Å². The van der Waals surface area contributed by atoms with Gasteiger partial charge in [0.05, 0.1) is 9.95 Å². The smallest absolute Gasteiger partial charge is 0.271 e. The molecule has 0 spiro atoms. The summed E-state index contributed by atoms with van der Waals surface area (Å²) in [7, 11) is 0. The SMILES string of the molecule is Cc1c(N)cccc1-c1noc(-c2ccc(COc3ccc([N+](=O)[O-])cc3Cl)cc2)n1. The summed E-state index contributed by atoms with van der Waals surface area (Å²) in [4.78, 5) is 14.8. The van der Waals surface area contributed by atoms with Crippen LogP contribution in [0, 0.1) is 17.0 Å². The molecule has 3 aromatic carbocycles. The lowest BCUT2D eigenvalue weighted by atomic mass is 10.1. The molecule has 0 unspecified atom stereocenters. The molecule has 9 heteroatoms. The molecule has 2 N–H and O–H groups in total. The summed E-state index contributed by atoms with van der Waals surface area (Å²) >= 11 is 6.05. The highest BCUT2D eigenvalue weighted by Gasteiger charge is 2.14. The quantitative estimate of drug-likeness (QED) is 0.243. The number of anilines is 1. The topological polar surface area (TPSA) is 117 Å². The maximum atomic E-state index is 10.8. The van der Waals surface area contributed by atoms with E-state index >= 15 is 0 Å². The summed E-state index contributed by atoms with van der Waals surface area (Å²) in [5.74, 6) is 1.23. The Morgan fingerprint density at radius 1 is 1.16 bits per heavy atom. The molecule has 31 heavy (non-hydrogen) atoms. The summed E-state index contributed by atoms with van der Waals surface area (Å²) in [6.45, 7) is 2.15. The third-order valence-corrected chi connectivity index (χ3v) is 5.06. The minimum atomic E-state index is -0.509. The maximum Gasteiger partial charge on any atom is 0.271 e. The Balaban J connectivity index is 1.46. The molecule has 0 bridgehead atoms. The van der Waals surface area contributed by atoms with Crippen LogP contribution in [0.5, 0.6) is 5.75 Å². The van der Waals surface area contributed by atoms with Gasteiger partial charge in [-0.05, 0) is 42.3 Å². The molecular weight excluding hydrogens is 420 g/mol. The molecule has 0 radical (unpaired) electrons. The maximum absolute atomic E-state index is 10.8. The summed E-state index contributed by atoms with van der Waals surface area (Å²) in [5.41, 5.74) is 9.89. The number of nitro benzene ring substituents is 1. The summed E-state index contributed by atoms with van der Waals surface area (Å²) in [5, 5.41) is 15.0. The Hall–Kier alpha value is -3.91. The highest BCUT2D eigenvalue weighted by Crippen LogP contribution is 2.30. The van der Waals surface area contributed by atoms with E-state index in [-0.39, 0.29) is 17.3 Å². The van der Waals surface area contributed by atoms with Crippen molar-refractivity contribution < 1.29 is 14.2 Å². The van der Waals surface area contributed by atoms with Crippen LogP contribution >= 0.6 is 11.6 Å². The molecule has 0 saturated heterocycles. The molecule has 0 aliphatic heterocycles. The van der Waals surface area contributed by atoms with E-state index in [2.05, 4.69) is 10.1 Å². The van der Waals surface area contributed by atoms with Gasteiger partial charge in [0.25, 0.3) is 11.6 Å². The average Bonchev–Trinajstić information content (AvgIpc) is 3.25. The second kappa shape index (κ2) is 8.45. The van der Waals surface area contributed by atoms with Gasteiger partial charge in [-0.15, -0.1) is 0 Å². The summed E-state index contributed by atoms with van der Waals surface area (Å²) < 4.78 is 11.1. The molecule has 0 atom stereocenters. The number of aromatic nitrogens is 2. The molecule has 0 saturated carbocycles. The molecular formula is C22H17ClN4O4. The van der Waals surface area contributed by atoms with Crippen LogP contribution in [0.15, 0.2) is 65.2 Å². The number of ether oxygens (including phenoxy) is 1. The van der Waals surface area contributed by atoms with E-state index < -0.39 is 4.92 Å². The van der Waals surface area contributed by atoms with E-state index in [4.69, 9.17) is 26.6 Å². The zero-order valence-electron chi connectivity index (χ0n) is 16.4. The van der Waals surface area contributed by atoms with E-state index in [1.807, 2.05) is 49.4 Å². The van der Waals surface area contributed by atoms with Gasteiger partial charge < -0.3 is 15.0 Å². The van der Waals surface area contributed by atoms with E-state index in [9.17, 15) is 10.1 Å². The molecule has 0 aliphatic carbocycles. The van der Waals surface area contributed by atoms with Crippen molar-refractivity contribution in [1.29, 1.82) is 0 Å². The van der Waals surface area contributed by atoms with Crippen molar-refractivity contribution in [3.8, 4) is 28.6 Å². The normalized spacial score (nSPS) is 10.8. The second-order valence-electron chi connectivity index (χ2n) is 6.80. The van der Waals surface area contributed by atoms with Gasteiger partial charge in [0.1, 0.15) is 12.4 Å². The molecule has 0 aliphatic rings. The van der Waals surface area contributed by atoms with E-state index in [1.54, 1.807) is 0 Å². The van der Waals surface area contributed by atoms with Crippen LogP contribution in [0.3, 0.4) is 0 Å². The number of hydrogen-bond donors (Lipinski definition) is 1. The Morgan fingerprint density at radius 2 is 1.94 bits per heavy atom. The van der Waals surface area contributed by atoms with Gasteiger partial charge in [0.15, 0.2) is 0 Å². The number of halogens is 1. The monoisotopic (exact) mass is 436 g/mol. The Kier molecular flexibility index (Phi) is 5.55. The molecule has 8 nitrogen and oxygen atoms in total. The molecule has 1 heterocycles. The van der Waals surface area contributed by atoms with Gasteiger partial charge >= 0.3 is 0 Å². The number of nitrogen functional groups attached to an aromatic ring is 1. The molecule has 4 rings (SSSR count). The van der Waals surface area contributed by atoms with Crippen LogP contribution in [-0.2, 0) is 6.61 Å². The fourth-order valence-electron chi connectivity index (χ4n) is 2.97. The van der Waals surface area contributed by atoms with Crippen LogP contribution in [0.25, 0.3) is 22.8 Å². The third-order valence-electron chi connectivity index (χ3n) is 4.76. The number of nitro groups is 1. The predicted octanol–water partition coefficient (Wildman–Crippen LogP) is 5.43. The number of hydrogen-bond acceptors (Lipinski definition) is 7. The van der Waals surface area contributed by atoms with Gasteiger partial charge in [-0.3, -0.25) is 10.1 Å². The van der Waals surface area contributed by atoms with Gasteiger partial charge in [-0.25, -0.2) is 0 Å². The van der Waals surface area contributed by atoms with Crippen molar-refractivity contribution in [3.05, 3.63) is 86.9 Å². The van der Waals surface area contributed by atoms with E-state index in [0.717, 1.165) is 22.3 Å². The molecule has 4 aromatic rings. The number of nitrogens with zero attached hydrogens (tertiary/aromatic N) is 3. The largest absolute Gasteiger partial charge is 0.487 e. The fraction of sp³-hybridized carbons (Fsp3) is 0.0909. The van der Waals surface area contributed by atoms with Crippen molar-refractivity contribution in [2.75, 3.05) is 5.73 Å². The Bertz CT molecular complexity index is 1250. The lowest BCUT2D eigenvalue weighted by Gasteiger charge is -2.08. The first-order chi connectivity index (χ1) is 14.9. The van der Waals surface area contributed by atoms with Crippen molar-refractivity contribution >= 4 is 23.0 Å². The highest BCUT2D eigenvalue weighted by molar-refractivity contribution is 6.32. The van der Waals surface area contributed by atoms with Crippen molar-refractivity contribution in [2.45, 2.75) is 13.5 Å². The number of rotatable bonds is 6. The third kappa shape index (κ3) is 4.34. The highest BCUT2D eigenvalue weighted by atomic mass is 35.5. The molecule has 0 amide bonds. The minimum absolute atomic E-state index is 0.0889. The first kappa shape index (κ1) is 20.4. The zero-order chi connectivity index (χ0) is 22.0. The number of benzene rings is 3. The first-order valence-corrected chi connectivity index (χ1v) is 9.65. The minimum Gasteiger partial charge on any atom is -0.487 e. The van der Waals surface area contributed by atoms with Crippen molar-refractivity contribution in [3.63, 3.8) is 0 Å². The van der Waals surface area contributed by atoms with Crippen molar-refractivity contribution in [2.24, 2.45) is 0 Å². The van der Waals surface area contributed by atoms with Crippen LogP contribution in [0.4, 0.5) is 11.4 Å². The Labute approximate surface area is 182 Å². The predicted molar refractivity (Wildman–Crippen MR) is 117 cm³/mol. The fourth-order valence-corrected chi connectivity index (χ4v) is 3.20. The van der Waals surface area contributed by atoms with E-state index in [1.165, 1.54) is 18.2 Å². The lowest BCUT2D eigenvalue weighted by Crippen LogP contribution is -1.97. The molecule has 0 fully saturated rings. The molecule has 1 aromatic heterocycles. The summed E-state index contributed by atoms with van der Waals surface area (Å²) in [6.07, 6.45) is 0. The van der Waals surface area contributed by atoms with Gasteiger partial charge in [-0.2, -0.15) is 4.98 Å². The first-order valence-electron chi connectivity index (χ1n) is 9.27. The standard InChI is InChI=1S/C22H17ClN4O4/c1-13-17(3-2-4-19(13)24)21-25-22(31-26-21)15-7-5-14(6-8-15)12-30-20-10-9-16(27(28)29)11-18(20)23/h2-11H,12,24H2,1H3. The van der Waals surface area contributed by atoms with Crippen LogP contribution in [-0.4, -0.2) is 15.1 Å². The number of non-ortho nitro benzene ring substituents is 1. The van der Waals surface area contributed by atoms with Gasteiger partial charge in [0.2, 0.25) is 5.82 Å². The van der Waals surface area contributed by atoms with Crippen LogP contribution in [0.2, 0.25) is 5.02 Å². The lowest BCUT2D eigenvalue weighted by molar-refractivity contribution is -0.384. The zero-order valence-corrected chi connectivity index (χ0v) is 17.2. The Morgan fingerprint density at radius 3 is 2.65 bits per heavy atom. The van der Waals surface area contributed by atoms with Gasteiger partial charge in [-0.1, -0.05) is 41.0 Å². The van der Waals surface area contributed by atoms with Crippen LogP contribution in [0.1, 0.15) is 11.1 Å². The number of nitrogens with two attached hydrogens (primary N) is 1. The average molecular weight is 437 g/mol. The van der Waals surface area contributed by atoms with E-state index in [0.29, 0.717) is 23.2 Å².